The zero-order valence-electron chi connectivity index (χ0n) is 28.6. The maximum absolute atomic E-state index is 6.59. The largest absolute Gasteiger partial charge is 0.455 e. The molecule has 0 saturated heterocycles. The van der Waals surface area contributed by atoms with Gasteiger partial charge in [-0.05, 0) is 92.2 Å². The summed E-state index contributed by atoms with van der Waals surface area (Å²) in [5.74, 6) is 0. The molecule has 1 aliphatic rings. The van der Waals surface area contributed by atoms with Gasteiger partial charge in [-0.2, -0.15) is 0 Å². The van der Waals surface area contributed by atoms with E-state index in [1.165, 1.54) is 44.2 Å². The fourth-order valence-corrected chi connectivity index (χ4v) is 8.32. The van der Waals surface area contributed by atoms with E-state index in [1.54, 1.807) is 0 Å². The van der Waals surface area contributed by atoms with Crippen LogP contribution in [0, 0.1) is 0 Å². The molecule has 0 saturated carbocycles. The first-order valence-corrected chi connectivity index (χ1v) is 17.7. The van der Waals surface area contributed by atoms with Crippen LogP contribution in [-0.4, -0.2) is 0 Å². The van der Waals surface area contributed by atoms with Gasteiger partial charge in [0.2, 0.25) is 0 Å². The lowest BCUT2D eigenvalue weighted by atomic mass is 9.82. The Bertz CT molecular complexity index is 2770. The van der Waals surface area contributed by atoms with E-state index in [9.17, 15) is 0 Å². The molecule has 8 aromatic carbocycles. The smallest absolute Gasteiger partial charge is 0.143 e. The van der Waals surface area contributed by atoms with Gasteiger partial charge < -0.3 is 9.32 Å². The molecule has 0 bridgehead atoms. The quantitative estimate of drug-likeness (QED) is 0.184. The third kappa shape index (κ3) is 4.64. The summed E-state index contributed by atoms with van der Waals surface area (Å²) in [6, 6.07) is 63.7. The molecule has 10 rings (SSSR count). The van der Waals surface area contributed by atoms with E-state index >= 15 is 0 Å². The molecule has 0 atom stereocenters. The van der Waals surface area contributed by atoms with Gasteiger partial charge in [0.15, 0.2) is 0 Å². The van der Waals surface area contributed by atoms with Crippen molar-refractivity contribution in [2.75, 3.05) is 4.90 Å². The van der Waals surface area contributed by atoms with Crippen molar-refractivity contribution in [2.45, 2.75) is 19.3 Å². The maximum atomic E-state index is 6.59. The molecule has 0 amide bonds. The van der Waals surface area contributed by atoms with Crippen LogP contribution in [-0.2, 0) is 5.41 Å². The van der Waals surface area contributed by atoms with Gasteiger partial charge in [0.25, 0.3) is 0 Å². The number of rotatable bonds is 5. The summed E-state index contributed by atoms with van der Waals surface area (Å²) in [4.78, 5) is 2.42. The van der Waals surface area contributed by atoms with Crippen LogP contribution < -0.4 is 4.90 Å². The van der Waals surface area contributed by atoms with Gasteiger partial charge in [-0.3, -0.25) is 0 Å². The lowest BCUT2D eigenvalue weighted by molar-refractivity contribution is 0.660. The van der Waals surface area contributed by atoms with Gasteiger partial charge in [-0.1, -0.05) is 147 Å². The second-order valence-electron chi connectivity index (χ2n) is 14.1. The molecular weight excluding hydrogens is 619 g/mol. The number of para-hydroxylation sites is 1. The van der Waals surface area contributed by atoms with E-state index in [0.717, 1.165) is 50.1 Å². The second kappa shape index (κ2) is 11.3. The molecule has 51 heavy (non-hydrogen) atoms. The number of hydrogen-bond acceptors (Lipinski definition) is 2. The Morgan fingerprint density at radius 3 is 1.92 bits per heavy atom. The molecule has 9 aromatic rings. The number of nitrogens with zero attached hydrogens (tertiary/aromatic N) is 1. The molecule has 0 N–H and O–H groups in total. The van der Waals surface area contributed by atoms with E-state index < -0.39 is 0 Å². The van der Waals surface area contributed by atoms with Crippen LogP contribution in [0.3, 0.4) is 0 Å². The van der Waals surface area contributed by atoms with Crippen LogP contribution in [0.25, 0.3) is 66.1 Å². The predicted octanol–water partition coefficient (Wildman–Crippen LogP) is 13.8. The number of fused-ring (bicyclic) bond motifs is 7. The summed E-state index contributed by atoms with van der Waals surface area (Å²) < 4.78 is 6.59. The minimum atomic E-state index is -0.119. The van der Waals surface area contributed by atoms with E-state index in [1.807, 2.05) is 6.07 Å². The summed E-state index contributed by atoms with van der Waals surface area (Å²) >= 11 is 0. The molecule has 242 valence electrons. The highest BCUT2D eigenvalue weighted by molar-refractivity contribution is 6.11. The van der Waals surface area contributed by atoms with Crippen LogP contribution in [0.5, 0.6) is 0 Å². The van der Waals surface area contributed by atoms with Crippen molar-refractivity contribution in [3.05, 3.63) is 187 Å². The van der Waals surface area contributed by atoms with Crippen molar-refractivity contribution in [1.82, 2.24) is 0 Å². The van der Waals surface area contributed by atoms with Crippen LogP contribution >= 0.6 is 0 Å². The second-order valence-corrected chi connectivity index (χ2v) is 14.1. The molecule has 0 unspecified atom stereocenters. The molecule has 1 heterocycles. The minimum Gasteiger partial charge on any atom is -0.455 e. The van der Waals surface area contributed by atoms with Crippen molar-refractivity contribution in [1.29, 1.82) is 0 Å². The molecule has 1 aromatic heterocycles. The number of furan rings is 1. The van der Waals surface area contributed by atoms with E-state index in [0.29, 0.717) is 0 Å². The predicted molar refractivity (Wildman–Crippen MR) is 214 cm³/mol. The van der Waals surface area contributed by atoms with Gasteiger partial charge in [-0.25, -0.2) is 0 Å². The van der Waals surface area contributed by atoms with Crippen molar-refractivity contribution < 1.29 is 4.42 Å². The summed E-state index contributed by atoms with van der Waals surface area (Å²) in [6.45, 7) is 4.70. The molecule has 0 radical (unpaired) electrons. The SMILES string of the molecule is CC1(C)c2ccccc2-c2ccc(N(c3ccc(-c4cccc5ccccc45)cc3)c3cc(-c4ccccc4)c4oc5ccccc5c4c3)cc21. The molecular formula is C49H35NO. The average Bonchev–Trinajstić information content (AvgIpc) is 3.67. The Morgan fingerprint density at radius 1 is 0.412 bits per heavy atom. The van der Waals surface area contributed by atoms with Gasteiger partial charge >= 0.3 is 0 Å². The Balaban J connectivity index is 1.21. The highest BCUT2D eigenvalue weighted by Gasteiger charge is 2.35. The fourth-order valence-electron chi connectivity index (χ4n) is 8.32. The highest BCUT2D eigenvalue weighted by Crippen LogP contribution is 2.51. The highest BCUT2D eigenvalue weighted by atomic mass is 16.3. The molecule has 0 aliphatic heterocycles. The summed E-state index contributed by atoms with van der Waals surface area (Å²) in [5, 5.41) is 4.72. The number of hydrogen-bond donors (Lipinski definition) is 0. The first-order valence-electron chi connectivity index (χ1n) is 17.7. The third-order valence-electron chi connectivity index (χ3n) is 10.9. The van der Waals surface area contributed by atoms with Gasteiger partial charge in [-0.15, -0.1) is 0 Å². The van der Waals surface area contributed by atoms with Gasteiger partial charge in [0.1, 0.15) is 11.2 Å². The maximum Gasteiger partial charge on any atom is 0.143 e. The Kier molecular flexibility index (Phi) is 6.56. The number of benzene rings is 8. The average molecular weight is 654 g/mol. The molecule has 0 spiro atoms. The summed E-state index contributed by atoms with van der Waals surface area (Å²) in [5.41, 5.74) is 15.0. The summed E-state index contributed by atoms with van der Waals surface area (Å²) in [7, 11) is 0. The van der Waals surface area contributed by atoms with Crippen LogP contribution in [0.15, 0.2) is 180 Å². The minimum absolute atomic E-state index is 0.119. The summed E-state index contributed by atoms with van der Waals surface area (Å²) in [6.07, 6.45) is 0. The molecule has 1 aliphatic carbocycles. The number of anilines is 3. The standard InChI is InChI=1S/C49H35NO/c1-49(2)45-21-10-8-18-40(45)41-28-27-36(31-46(41)49)50(35-25-23-34(24-26-35)39-20-12-16-32-15-6-7-17-38(32)39)37-29-43(33-13-4-3-5-14-33)48-44(30-37)42-19-9-11-22-47(42)51-48/h3-31H,1-2H3. The lowest BCUT2D eigenvalue weighted by Gasteiger charge is -2.29. The Morgan fingerprint density at radius 2 is 1.06 bits per heavy atom. The van der Waals surface area contributed by atoms with Gasteiger partial charge in [0.05, 0.1) is 0 Å². The fraction of sp³-hybridized carbons (Fsp3) is 0.0612. The van der Waals surface area contributed by atoms with Crippen molar-refractivity contribution >= 4 is 49.8 Å². The third-order valence-corrected chi connectivity index (χ3v) is 10.9. The van der Waals surface area contributed by atoms with E-state index in [-0.39, 0.29) is 5.41 Å². The van der Waals surface area contributed by atoms with Crippen LogP contribution in [0.2, 0.25) is 0 Å². The topological polar surface area (TPSA) is 16.4 Å². The van der Waals surface area contributed by atoms with Crippen LogP contribution in [0.4, 0.5) is 17.1 Å². The van der Waals surface area contributed by atoms with E-state index in [4.69, 9.17) is 4.42 Å². The van der Waals surface area contributed by atoms with Crippen molar-refractivity contribution in [2.24, 2.45) is 0 Å². The normalized spacial score (nSPS) is 13.1. The molecule has 2 heteroatoms. The first-order chi connectivity index (χ1) is 25.0. The zero-order valence-corrected chi connectivity index (χ0v) is 28.6. The monoisotopic (exact) mass is 653 g/mol. The molecule has 0 fully saturated rings. The lowest BCUT2D eigenvalue weighted by Crippen LogP contribution is -2.16. The van der Waals surface area contributed by atoms with E-state index in [2.05, 4.69) is 189 Å². The van der Waals surface area contributed by atoms with Crippen molar-refractivity contribution in [3.8, 4) is 33.4 Å². The first kappa shape index (κ1) is 29.5. The molecule has 2 nitrogen and oxygen atoms in total. The Labute approximate surface area is 297 Å². The van der Waals surface area contributed by atoms with Crippen molar-refractivity contribution in [3.63, 3.8) is 0 Å². The van der Waals surface area contributed by atoms with Crippen LogP contribution in [0.1, 0.15) is 25.0 Å². The zero-order chi connectivity index (χ0) is 34.1. The van der Waals surface area contributed by atoms with Gasteiger partial charge in [0, 0.05) is 38.8 Å². The Hall–Kier alpha value is -6.38.